The van der Waals surface area contributed by atoms with Gasteiger partial charge in [0.05, 0.1) is 34.6 Å². The van der Waals surface area contributed by atoms with Gasteiger partial charge in [-0.2, -0.15) is 5.26 Å². The molecule has 1 aromatic heterocycles. The van der Waals surface area contributed by atoms with E-state index < -0.39 is 18.8 Å². The van der Waals surface area contributed by atoms with E-state index in [1.165, 1.54) is 20.6 Å². The number of carbonyl (C=O) groups excluding carboxylic acids is 8. The van der Waals surface area contributed by atoms with Crippen LogP contribution in [0.5, 0.6) is 0 Å². The molecule has 0 saturated carbocycles. The summed E-state index contributed by atoms with van der Waals surface area (Å²) in [4.78, 5) is 100. The Morgan fingerprint density at radius 3 is 1.09 bits per heavy atom. The number of nitrogens with zero attached hydrogens (tertiary/aromatic N) is 3. The molecular weight excluding hydrogens is 1180 g/mol. The van der Waals surface area contributed by atoms with Gasteiger partial charge in [-0.05, 0) is 139 Å². The first-order valence-corrected chi connectivity index (χ1v) is 32.7. The number of nitrogens with one attached hydrogen (secondary N) is 6. The summed E-state index contributed by atoms with van der Waals surface area (Å²) in [7, 11) is 1.80. The molecule has 7 atom stereocenters. The fourth-order valence-electron chi connectivity index (χ4n) is 8.68. The van der Waals surface area contributed by atoms with Crippen LogP contribution in [0.4, 0.5) is 9.18 Å². The van der Waals surface area contributed by atoms with Crippen molar-refractivity contribution in [3.63, 3.8) is 0 Å². The Kier molecular flexibility index (Phi) is 57.1. The molecule has 0 bridgehead atoms. The normalized spacial score (nSPS) is 13.0. The second-order valence-electron chi connectivity index (χ2n) is 23.5. The number of fused-ring (bicyclic) bond motifs is 1. The number of esters is 2. The number of unbranched alkanes of at least 4 members (excludes halogenated alkanes) is 7. The minimum Gasteiger partial charge on any atom is -0.469 e. The lowest BCUT2D eigenvalue weighted by molar-refractivity contribution is -0.250. The number of nitrogens with two attached hydrogens (primary N) is 1. The van der Waals surface area contributed by atoms with Gasteiger partial charge in [-0.25, -0.2) is 9.78 Å². The van der Waals surface area contributed by atoms with Gasteiger partial charge in [-0.3, -0.25) is 38.0 Å². The zero-order valence-electron chi connectivity index (χ0n) is 57.4. The van der Waals surface area contributed by atoms with E-state index in [9.17, 15) is 42.7 Å². The number of alkyl carbamates (subject to hydrolysis) is 1. The fourth-order valence-corrected chi connectivity index (χ4v) is 8.68. The molecule has 25 heteroatoms. The molecule has 0 fully saturated rings. The predicted octanol–water partition coefficient (Wildman–Crippen LogP) is 10.4. The van der Waals surface area contributed by atoms with Crippen molar-refractivity contribution in [2.75, 3.05) is 73.6 Å². The van der Waals surface area contributed by atoms with Crippen LogP contribution in [0.15, 0.2) is 24.3 Å². The van der Waals surface area contributed by atoms with Crippen molar-refractivity contribution >= 4 is 70.2 Å². The largest absolute Gasteiger partial charge is 0.469 e. The number of para-hydroxylation sites is 1. The number of aromatic nitrogens is 3. The molecule has 0 aliphatic heterocycles. The van der Waals surface area contributed by atoms with Crippen molar-refractivity contribution in [1.29, 1.82) is 0 Å². The summed E-state index contributed by atoms with van der Waals surface area (Å²) >= 11 is 4.64. The molecule has 2 rings (SSSR count). The third-order valence-corrected chi connectivity index (χ3v) is 14.5. The number of benzene rings is 1. The summed E-state index contributed by atoms with van der Waals surface area (Å²) in [5.41, 5.74) is 6.27. The van der Waals surface area contributed by atoms with Crippen molar-refractivity contribution in [2.45, 2.75) is 217 Å². The first-order chi connectivity index (χ1) is 42.8. The summed E-state index contributed by atoms with van der Waals surface area (Å²) < 4.78 is 30.1. The van der Waals surface area contributed by atoms with E-state index in [0.29, 0.717) is 56.8 Å². The third-order valence-electron chi connectivity index (χ3n) is 14.5. The number of halogens is 2. The highest BCUT2D eigenvalue weighted by molar-refractivity contribution is 6.15. The van der Waals surface area contributed by atoms with Crippen LogP contribution in [-0.2, 0) is 47.8 Å². The van der Waals surface area contributed by atoms with E-state index in [-0.39, 0.29) is 90.3 Å². The van der Waals surface area contributed by atoms with Gasteiger partial charge in [0.1, 0.15) is 16.6 Å². The molecular formula is C65H122ClFN10O13. The lowest BCUT2D eigenvalue weighted by atomic mass is 10.0. The van der Waals surface area contributed by atoms with E-state index in [1.54, 1.807) is 18.2 Å². The summed E-state index contributed by atoms with van der Waals surface area (Å²) in [6.07, 6.45) is 18.7. The van der Waals surface area contributed by atoms with E-state index in [0.717, 1.165) is 140 Å². The molecule has 524 valence electrons. The molecule has 1 heterocycles. The highest BCUT2D eigenvalue weighted by atomic mass is 35.5. The number of amides is 6. The maximum absolute atomic E-state index is 12.4. The number of carbonyl (C=O) groups is 8. The summed E-state index contributed by atoms with van der Waals surface area (Å²) in [5.74, 6) is -0.544. The number of hydrogen-bond donors (Lipinski definition) is 8. The smallest absolute Gasteiger partial charge is 0.407 e. The molecule has 0 unspecified atom stereocenters. The van der Waals surface area contributed by atoms with Crippen LogP contribution in [0.2, 0.25) is 0 Å². The van der Waals surface area contributed by atoms with Crippen LogP contribution in [-0.4, -0.2) is 147 Å². The number of methoxy groups -OCH3 is 2. The van der Waals surface area contributed by atoms with Gasteiger partial charge in [0, 0.05) is 75.2 Å². The first kappa shape index (κ1) is 88.3. The lowest BCUT2D eigenvalue weighted by Gasteiger charge is -2.19. The molecule has 0 saturated heterocycles. The molecule has 1 aromatic carbocycles. The lowest BCUT2D eigenvalue weighted by Crippen LogP contribution is -2.33. The zero-order valence-corrected chi connectivity index (χ0v) is 57.1. The molecule has 90 heavy (non-hydrogen) atoms. The predicted molar refractivity (Wildman–Crippen MR) is 356 cm³/mol. The topological polar surface area (TPSA) is 323 Å². The van der Waals surface area contributed by atoms with Crippen molar-refractivity contribution < 1.29 is 68.6 Å². The van der Waals surface area contributed by atoms with Gasteiger partial charge in [-0.15, -0.1) is 16.7 Å². The van der Waals surface area contributed by atoms with Crippen LogP contribution < -0.4 is 42.6 Å². The van der Waals surface area contributed by atoms with Crippen LogP contribution in [0.25, 0.3) is 11.0 Å². The van der Waals surface area contributed by atoms with E-state index >= 15 is 0 Å². The Balaban J connectivity index is -0.000000693. The van der Waals surface area contributed by atoms with E-state index in [2.05, 4.69) is 58.8 Å². The van der Waals surface area contributed by atoms with Crippen LogP contribution in [0, 0.1) is 41.4 Å². The van der Waals surface area contributed by atoms with Gasteiger partial charge in [0.25, 0.3) is 0 Å². The third kappa shape index (κ3) is 48.0. The molecule has 9 N–H and O–H groups in total. The van der Waals surface area contributed by atoms with Crippen LogP contribution in [0.1, 0.15) is 213 Å². The van der Waals surface area contributed by atoms with Gasteiger partial charge >= 0.3 is 18.0 Å². The standard InChI is InChI=1S/C34H64N4O7.C22H43N3O4.C6H5N3O2.CH3Cl.CH3F.CH4/c1-25(17-9-14-22-36-31(41)27(3)19-11-16-24-38-33(43)45-34(5,6)7)29(39)35-21-13-10-18-26(2)30(40)37-23-15-12-20-28(4)32(42)44-8;1-17(11-5-8-14-23)20(26)24-15-9-6-12-18(2)21(27)25-16-10-7-13-19(3)22(28)29-4;10-11-9-6-4-2-1-3-5(6)7-8-9;2*1-2;/h25-28H,9-24H2,1-8H3,(H,35,39)(H,36,41)(H,37,40)(H,38,43);17-19H,5-16,23H2,1-4H3,(H,24,26)(H,25,27);1-4,10H;2*1H3;1H4/t25-,26-,27-,28-;17-,18-,19-;;;;/m00..../s1/i;;;;1D;. The second kappa shape index (κ2) is 58.2. The Labute approximate surface area is 545 Å². The highest BCUT2D eigenvalue weighted by Crippen LogP contribution is 2.15. The second-order valence-corrected chi connectivity index (χ2v) is 23.5. The van der Waals surface area contributed by atoms with Gasteiger partial charge < -0.3 is 51.8 Å². The number of hydrogen-bond acceptors (Lipinski definition) is 16. The molecule has 2 aromatic rings. The summed E-state index contributed by atoms with van der Waals surface area (Å²) in [6.45, 7) is 23.1. The van der Waals surface area contributed by atoms with Crippen molar-refractivity contribution in [3.05, 3.63) is 24.3 Å². The maximum Gasteiger partial charge on any atom is 0.407 e. The highest BCUT2D eigenvalue weighted by Gasteiger charge is 2.19. The van der Waals surface area contributed by atoms with Crippen molar-refractivity contribution in [3.8, 4) is 0 Å². The van der Waals surface area contributed by atoms with Crippen molar-refractivity contribution in [2.24, 2.45) is 47.2 Å². The molecule has 0 aliphatic carbocycles. The van der Waals surface area contributed by atoms with Crippen molar-refractivity contribution in [1.82, 2.24) is 47.1 Å². The van der Waals surface area contributed by atoms with Crippen LogP contribution >= 0.6 is 11.6 Å². The number of ether oxygens (including phenoxy) is 3. The van der Waals surface area contributed by atoms with E-state index in [4.69, 9.17) is 26.6 Å². The van der Waals surface area contributed by atoms with Gasteiger partial charge in [-0.1, -0.05) is 113 Å². The Morgan fingerprint density at radius 2 is 0.811 bits per heavy atom. The van der Waals surface area contributed by atoms with Gasteiger partial charge in [0.2, 0.25) is 29.5 Å². The zero-order chi connectivity index (χ0) is 68.7. The Hall–Kier alpha value is -5.88. The summed E-state index contributed by atoms with van der Waals surface area (Å²) in [5, 5.41) is 33.1. The Morgan fingerprint density at radius 1 is 0.533 bits per heavy atom. The molecule has 0 spiro atoms. The fraction of sp³-hybridized carbons (Fsp3) is 0.785. The summed E-state index contributed by atoms with van der Waals surface area (Å²) in [6, 6.07) is 7.16. The molecule has 0 radical (unpaired) electrons. The minimum absolute atomic E-state index is 0. The van der Waals surface area contributed by atoms with Gasteiger partial charge in [0.15, 0.2) is 0 Å². The minimum atomic E-state index is -1.00. The average Bonchev–Trinajstić information content (AvgIpc) is 1.84. The number of rotatable bonds is 42. The SMILES string of the molecule is C.CCl.COC(=O)[C@@H](C)CCCCNC(=O)[C@@H](C)CCCCNC(=O)[C@@H](C)CCCCN.COC(=O)[C@@H](C)CCCCNC(=O)[C@@H](C)CCCCNC(=O)[C@@H](C)CCCCNC(=O)[C@@H](C)CCCCNC(=O)OC(C)(C)C.OOn1nnc2ccccc21.[2H]CF. The molecule has 0 aliphatic rings. The molecule has 23 nitrogen and oxygen atoms in total. The van der Waals surface area contributed by atoms with E-state index in [1.807, 2.05) is 75.3 Å². The maximum atomic E-state index is 12.4. The average molecular weight is 1310 g/mol. The first-order valence-electron chi connectivity index (χ1n) is 32.6. The van der Waals surface area contributed by atoms with Crippen LogP contribution in [0.3, 0.4) is 0 Å². The molecule has 6 amide bonds. The monoisotopic (exact) mass is 1310 g/mol. The quantitative estimate of drug-likeness (QED) is 0.00765. The number of alkyl halides is 2. The Bertz CT molecular complexity index is 2220.